The molecule has 43 heavy (non-hydrogen) atoms. The zero-order valence-corrected chi connectivity index (χ0v) is 25.9. The maximum atomic E-state index is 10.0. The van der Waals surface area contributed by atoms with E-state index in [9.17, 15) is 4.79 Å². The maximum absolute atomic E-state index is 10.0. The molecule has 0 aliphatic rings. The number of aliphatic hydroxyl groups is 1. The molecule has 5 nitrogen and oxygen atoms in total. The molecule has 5 aromatic carbocycles. The van der Waals surface area contributed by atoms with Crippen molar-refractivity contribution in [2.45, 2.75) is 13.8 Å². The van der Waals surface area contributed by atoms with Crippen LogP contribution in [0.1, 0.15) is 13.8 Å². The fourth-order valence-corrected chi connectivity index (χ4v) is 5.07. The molecule has 0 spiro atoms. The molecule has 0 unspecified atom stereocenters. The molecule has 0 aliphatic carbocycles. The number of rotatable bonds is 4. The molecule has 0 fully saturated rings. The number of oxazole rings is 1. The van der Waals surface area contributed by atoms with Gasteiger partial charge in [-0.25, -0.2) is 4.98 Å². The minimum atomic E-state index is -0.125. The fraction of sp³-hybridized carbons (Fsp3) is 0.0541. The molecule has 1 radical (unpaired) electrons. The summed E-state index contributed by atoms with van der Waals surface area (Å²) in [5, 5.41) is 13.1. The van der Waals surface area contributed by atoms with Gasteiger partial charge in [0.15, 0.2) is 5.78 Å². The fourth-order valence-electron chi connectivity index (χ4n) is 5.07. The SMILES string of the molecule is CC(=O)/C=C(/C)O.[Ir].[c-]1c(-c2nccc3c2ccc2ccccc23)cc(-c2ccccc2)c2oc(-c3ccccc3)nc12. The summed E-state index contributed by atoms with van der Waals surface area (Å²) in [5.41, 5.74) is 6.18. The molecule has 213 valence electrons. The average Bonchev–Trinajstić information content (AvgIpc) is 3.45. The van der Waals surface area contributed by atoms with Gasteiger partial charge in [-0.1, -0.05) is 90.5 Å². The van der Waals surface area contributed by atoms with E-state index in [1.165, 1.54) is 36.1 Å². The van der Waals surface area contributed by atoms with E-state index in [0.29, 0.717) is 11.4 Å². The predicted molar refractivity (Wildman–Crippen MR) is 169 cm³/mol. The first kappa shape index (κ1) is 29.6. The van der Waals surface area contributed by atoms with Crippen molar-refractivity contribution in [3.05, 3.63) is 133 Å². The van der Waals surface area contributed by atoms with Crippen molar-refractivity contribution in [2.24, 2.45) is 0 Å². The topological polar surface area (TPSA) is 76.2 Å². The van der Waals surface area contributed by atoms with Crippen molar-refractivity contribution in [3.63, 3.8) is 0 Å². The largest absolute Gasteiger partial charge is 0.512 e. The number of pyridine rings is 1. The van der Waals surface area contributed by atoms with Gasteiger partial charge in [0.05, 0.1) is 11.3 Å². The van der Waals surface area contributed by atoms with E-state index in [1.54, 1.807) is 0 Å². The summed E-state index contributed by atoms with van der Waals surface area (Å²) in [5.74, 6) is 0.524. The Hall–Kier alpha value is -4.90. The number of hydrogen-bond donors (Lipinski definition) is 1. The molecule has 2 aromatic heterocycles. The summed E-state index contributed by atoms with van der Waals surface area (Å²) in [7, 11) is 0. The van der Waals surface area contributed by atoms with Crippen LogP contribution in [-0.4, -0.2) is 20.9 Å². The number of allylic oxidation sites excluding steroid dienone is 2. The number of fused-ring (bicyclic) bond motifs is 4. The third-order valence-corrected chi connectivity index (χ3v) is 6.86. The third-order valence-electron chi connectivity index (χ3n) is 6.86. The van der Waals surface area contributed by atoms with Crippen LogP contribution in [0.5, 0.6) is 0 Å². The molecule has 1 N–H and O–H groups in total. The normalized spacial score (nSPS) is 11.2. The molecule has 7 rings (SSSR count). The van der Waals surface area contributed by atoms with Crippen LogP contribution in [0.25, 0.3) is 66.5 Å². The predicted octanol–water partition coefficient (Wildman–Crippen LogP) is 9.37. The summed E-state index contributed by atoms with van der Waals surface area (Å²) in [6.45, 7) is 2.85. The van der Waals surface area contributed by atoms with E-state index in [2.05, 4.69) is 66.7 Å². The Kier molecular flexibility index (Phi) is 8.91. The summed E-state index contributed by atoms with van der Waals surface area (Å²) in [4.78, 5) is 19.7. The molecule has 0 bridgehead atoms. The quantitative estimate of drug-likeness (QED) is 0.0843. The first-order valence-electron chi connectivity index (χ1n) is 13.6. The van der Waals surface area contributed by atoms with Crippen molar-refractivity contribution < 1.29 is 34.4 Å². The molecular formula is C37H27IrN2O3-. The Balaban J connectivity index is 0.000000415. The van der Waals surface area contributed by atoms with Crippen molar-refractivity contribution in [1.82, 2.24) is 9.97 Å². The first-order chi connectivity index (χ1) is 20.5. The van der Waals surface area contributed by atoms with Gasteiger partial charge in [0.25, 0.3) is 0 Å². The second-order valence-corrected chi connectivity index (χ2v) is 9.96. The minimum absolute atomic E-state index is 0. The molecule has 0 atom stereocenters. The van der Waals surface area contributed by atoms with Crippen LogP contribution in [-0.2, 0) is 24.9 Å². The number of hydrogen-bond acceptors (Lipinski definition) is 5. The van der Waals surface area contributed by atoms with E-state index in [0.717, 1.165) is 38.9 Å². The van der Waals surface area contributed by atoms with Crippen molar-refractivity contribution in [1.29, 1.82) is 0 Å². The van der Waals surface area contributed by atoms with E-state index < -0.39 is 0 Å². The van der Waals surface area contributed by atoms with Gasteiger partial charge in [0, 0.05) is 43.5 Å². The zero-order chi connectivity index (χ0) is 29.1. The molecule has 0 saturated carbocycles. The number of aliphatic hydroxyl groups excluding tert-OH is 1. The van der Waals surface area contributed by atoms with Gasteiger partial charge in [-0.15, -0.1) is 17.7 Å². The van der Waals surface area contributed by atoms with Crippen LogP contribution in [0, 0.1) is 6.07 Å². The Morgan fingerprint density at radius 2 is 1.47 bits per heavy atom. The standard InChI is InChI=1S/C32H19N2O.C5H8O2.Ir/c1-3-9-21(10-4-1)28-19-24(20-29-31(28)35-32(34-29)23-12-5-2-6-13-23)30-27-16-15-22-11-7-8-14-25(22)26(27)17-18-33-30;1-4(6)3-5(2)7;/h1-19H;3,6H,1-2H3;/q-1;;/b;4-3-;. The van der Waals surface area contributed by atoms with Crippen molar-refractivity contribution in [3.8, 4) is 33.8 Å². The summed E-state index contributed by atoms with van der Waals surface area (Å²) in [6.07, 6.45) is 3.04. The van der Waals surface area contributed by atoms with Crippen LogP contribution in [0.4, 0.5) is 0 Å². The molecule has 2 heterocycles. The third kappa shape index (κ3) is 6.31. The number of carbonyl (C=O) groups is 1. The van der Waals surface area contributed by atoms with Crippen LogP contribution >= 0.6 is 0 Å². The monoisotopic (exact) mass is 740 g/mol. The van der Waals surface area contributed by atoms with Gasteiger partial charge < -0.3 is 14.5 Å². The number of ketones is 1. The first-order valence-corrected chi connectivity index (χ1v) is 13.6. The van der Waals surface area contributed by atoms with Gasteiger partial charge in [0.1, 0.15) is 0 Å². The van der Waals surface area contributed by atoms with Crippen molar-refractivity contribution in [2.75, 3.05) is 0 Å². The van der Waals surface area contributed by atoms with E-state index in [-0.39, 0.29) is 31.6 Å². The summed E-state index contributed by atoms with van der Waals surface area (Å²) in [6, 6.07) is 40.7. The van der Waals surface area contributed by atoms with Gasteiger partial charge in [0.2, 0.25) is 5.89 Å². The average molecular weight is 740 g/mol. The molecule has 7 aromatic rings. The van der Waals surface area contributed by atoms with Gasteiger partial charge in [-0.2, -0.15) is 0 Å². The second kappa shape index (κ2) is 13.0. The van der Waals surface area contributed by atoms with E-state index in [4.69, 9.17) is 19.5 Å². The second-order valence-electron chi connectivity index (χ2n) is 9.96. The number of aromatic nitrogens is 2. The summed E-state index contributed by atoms with van der Waals surface area (Å²) >= 11 is 0. The maximum Gasteiger partial charge on any atom is 0.216 e. The van der Waals surface area contributed by atoms with E-state index in [1.807, 2.05) is 54.7 Å². The molecule has 0 saturated heterocycles. The molecule has 0 aliphatic heterocycles. The number of nitrogens with zero attached hydrogens (tertiary/aromatic N) is 2. The van der Waals surface area contributed by atoms with Crippen LogP contribution in [0.15, 0.2) is 132 Å². The van der Waals surface area contributed by atoms with Crippen LogP contribution in [0.2, 0.25) is 0 Å². The van der Waals surface area contributed by atoms with E-state index >= 15 is 0 Å². The van der Waals surface area contributed by atoms with Gasteiger partial charge >= 0.3 is 0 Å². The minimum Gasteiger partial charge on any atom is -0.512 e. The Labute approximate surface area is 262 Å². The Bertz CT molecular complexity index is 2080. The number of carbonyl (C=O) groups excluding carboxylic acids is 1. The molecule has 6 heteroatoms. The van der Waals surface area contributed by atoms with Crippen LogP contribution in [0.3, 0.4) is 0 Å². The van der Waals surface area contributed by atoms with Crippen LogP contribution < -0.4 is 0 Å². The van der Waals surface area contributed by atoms with Gasteiger partial charge in [-0.3, -0.25) is 4.79 Å². The Morgan fingerprint density at radius 3 is 2.14 bits per heavy atom. The Morgan fingerprint density at radius 1 is 0.791 bits per heavy atom. The summed E-state index contributed by atoms with van der Waals surface area (Å²) < 4.78 is 6.31. The van der Waals surface area contributed by atoms with Gasteiger partial charge in [-0.05, 0) is 64.8 Å². The van der Waals surface area contributed by atoms with Crippen molar-refractivity contribution >= 4 is 38.4 Å². The molecule has 0 amide bonds. The zero-order valence-electron chi connectivity index (χ0n) is 23.5. The smallest absolute Gasteiger partial charge is 0.216 e. The number of benzene rings is 5. The molecular weight excluding hydrogens is 713 g/mol.